The van der Waals surface area contributed by atoms with Crippen LogP contribution in [0.25, 0.3) is 11.3 Å². The topological polar surface area (TPSA) is 46.1 Å². The molecule has 2 aliphatic heterocycles. The Kier molecular flexibility index (Phi) is 3.90. The number of ether oxygens (including phenoxy) is 2. The summed E-state index contributed by atoms with van der Waals surface area (Å²) in [5.74, 6) is 1.68. The largest absolute Gasteiger partial charge is 0.497 e. The Bertz CT molecular complexity index is 852. The van der Waals surface area contributed by atoms with E-state index in [-0.39, 0.29) is 6.17 Å². The molecule has 0 amide bonds. The molecular formula is C20H19N3O2. The van der Waals surface area contributed by atoms with Gasteiger partial charge in [-0.05, 0) is 48.0 Å². The fraction of sp³-hybridized carbons (Fsp3) is 0.150. The highest BCUT2D eigenvalue weighted by molar-refractivity contribution is 5.95. The molecule has 1 N–H and O–H groups in total. The highest BCUT2D eigenvalue weighted by Gasteiger charge is 2.32. The Hall–Kier alpha value is -3.21. The van der Waals surface area contributed by atoms with E-state index in [2.05, 4.69) is 34.7 Å². The van der Waals surface area contributed by atoms with Crippen molar-refractivity contribution in [2.75, 3.05) is 14.2 Å². The molecule has 0 saturated carbocycles. The third-order valence-electron chi connectivity index (χ3n) is 4.37. The zero-order valence-electron chi connectivity index (χ0n) is 14.1. The Labute approximate surface area is 146 Å². The molecule has 0 saturated heterocycles. The first-order valence-corrected chi connectivity index (χ1v) is 8.08. The summed E-state index contributed by atoms with van der Waals surface area (Å²) >= 11 is 0. The summed E-state index contributed by atoms with van der Waals surface area (Å²) in [6.07, 6.45) is 5.67. The summed E-state index contributed by atoms with van der Waals surface area (Å²) in [5.41, 5.74) is 7.84. The summed E-state index contributed by atoms with van der Waals surface area (Å²) in [4.78, 5) is 4.64. The molecule has 0 radical (unpaired) electrons. The van der Waals surface area contributed by atoms with Crippen molar-refractivity contribution in [3.05, 3.63) is 71.9 Å². The van der Waals surface area contributed by atoms with Crippen molar-refractivity contribution in [1.29, 1.82) is 0 Å². The van der Waals surface area contributed by atoms with E-state index in [1.54, 1.807) is 14.2 Å². The fourth-order valence-corrected chi connectivity index (χ4v) is 3.09. The van der Waals surface area contributed by atoms with Crippen LogP contribution in [0.1, 0.15) is 11.1 Å². The molecule has 2 heterocycles. The van der Waals surface area contributed by atoms with Gasteiger partial charge in [-0.2, -0.15) is 0 Å². The maximum absolute atomic E-state index is 5.28. The van der Waals surface area contributed by atoms with Crippen LogP contribution in [-0.4, -0.2) is 31.6 Å². The van der Waals surface area contributed by atoms with Gasteiger partial charge in [0.15, 0.2) is 6.17 Å². The third kappa shape index (κ3) is 2.74. The number of hydrogen-bond acceptors (Lipinski definition) is 5. The number of aliphatic imine (C=N–C) groups is 1. The average Bonchev–Trinajstić information content (AvgIpc) is 3.07. The lowest BCUT2D eigenvalue weighted by atomic mass is 9.98. The molecule has 0 spiro atoms. The van der Waals surface area contributed by atoms with Gasteiger partial charge >= 0.3 is 0 Å². The lowest BCUT2D eigenvalue weighted by Crippen LogP contribution is -2.34. The molecule has 0 aliphatic carbocycles. The van der Waals surface area contributed by atoms with Crippen LogP contribution < -0.4 is 14.9 Å². The second kappa shape index (κ2) is 6.36. The van der Waals surface area contributed by atoms with Crippen LogP contribution in [0, 0.1) is 0 Å². The number of nitrogens with zero attached hydrogens (tertiary/aromatic N) is 2. The second-order valence-electron chi connectivity index (χ2n) is 5.78. The highest BCUT2D eigenvalue weighted by atomic mass is 16.5. The highest BCUT2D eigenvalue weighted by Crippen LogP contribution is 2.37. The summed E-state index contributed by atoms with van der Waals surface area (Å²) < 4.78 is 10.5. The molecule has 126 valence electrons. The number of allylic oxidation sites excluding steroid dienone is 1. The van der Waals surface area contributed by atoms with Crippen molar-refractivity contribution in [2.45, 2.75) is 6.17 Å². The van der Waals surface area contributed by atoms with E-state index in [9.17, 15) is 0 Å². The van der Waals surface area contributed by atoms with E-state index in [1.165, 1.54) is 0 Å². The van der Waals surface area contributed by atoms with Gasteiger partial charge in [-0.15, -0.1) is 0 Å². The molecule has 1 atom stereocenters. The molecule has 4 rings (SSSR count). The number of hydrogen-bond donors (Lipinski definition) is 1. The van der Waals surface area contributed by atoms with E-state index < -0.39 is 0 Å². The lowest BCUT2D eigenvalue weighted by Gasteiger charge is -2.23. The van der Waals surface area contributed by atoms with Gasteiger partial charge in [0.2, 0.25) is 0 Å². The minimum Gasteiger partial charge on any atom is -0.497 e. The van der Waals surface area contributed by atoms with Crippen LogP contribution in [-0.2, 0) is 0 Å². The summed E-state index contributed by atoms with van der Waals surface area (Å²) in [6.45, 7) is 0. The predicted octanol–water partition coefficient (Wildman–Crippen LogP) is 3.32. The zero-order valence-corrected chi connectivity index (χ0v) is 14.1. The van der Waals surface area contributed by atoms with Gasteiger partial charge in [-0.1, -0.05) is 12.1 Å². The molecule has 0 fully saturated rings. The van der Waals surface area contributed by atoms with Crippen LogP contribution in [0.4, 0.5) is 0 Å². The maximum atomic E-state index is 5.28. The maximum Gasteiger partial charge on any atom is 0.167 e. The molecule has 25 heavy (non-hydrogen) atoms. The molecule has 2 aromatic rings. The monoisotopic (exact) mass is 333 g/mol. The standard InChI is InChI=1S/C20H19N3O2/c1-24-16-8-4-14(5-9-16)18-19(15-6-10-17(25-2)11-7-15)22-23-13-3-12-21-20(18)23/h3-13,20,22H,1-2H3. The Morgan fingerprint density at radius 3 is 2.08 bits per heavy atom. The van der Waals surface area contributed by atoms with Gasteiger partial charge in [0.25, 0.3) is 0 Å². The van der Waals surface area contributed by atoms with Gasteiger partial charge in [0, 0.05) is 23.6 Å². The van der Waals surface area contributed by atoms with Gasteiger partial charge in [0.05, 0.1) is 19.9 Å². The number of nitrogens with one attached hydrogen (secondary N) is 1. The predicted molar refractivity (Wildman–Crippen MR) is 99.2 cm³/mol. The zero-order chi connectivity index (χ0) is 17.2. The fourth-order valence-electron chi connectivity index (χ4n) is 3.09. The summed E-state index contributed by atoms with van der Waals surface area (Å²) in [5, 5.41) is 2.01. The van der Waals surface area contributed by atoms with E-state index in [1.807, 2.05) is 47.8 Å². The minimum absolute atomic E-state index is 0.0875. The first kappa shape index (κ1) is 15.3. The smallest absolute Gasteiger partial charge is 0.167 e. The summed E-state index contributed by atoms with van der Waals surface area (Å²) in [6, 6.07) is 16.1. The van der Waals surface area contributed by atoms with Crippen molar-refractivity contribution in [1.82, 2.24) is 10.4 Å². The quantitative estimate of drug-likeness (QED) is 0.932. The number of benzene rings is 2. The molecular weight excluding hydrogens is 314 g/mol. The van der Waals surface area contributed by atoms with Crippen LogP contribution >= 0.6 is 0 Å². The van der Waals surface area contributed by atoms with Gasteiger partial charge in [-0.3, -0.25) is 15.4 Å². The molecule has 0 aromatic heterocycles. The average molecular weight is 333 g/mol. The molecule has 0 bridgehead atoms. The molecule has 2 aromatic carbocycles. The Balaban J connectivity index is 1.81. The van der Waals surface area contributed by atoms with Crippen LogP contribution in [0.3, 0.4) is 0 Å². The van der Waals surface area contributed by atoms with Crippen molar-refractivity contribution in [3.8, 4) is 11.5 Å². The van der Waals surface area contributed by atoms with Gasteiger partial charge < -0.3 is 9.47 Å². The van der Waals surface area contributed by atoms with Crippen LogP contribution in [0.2, 0.25) is 0 Å². The number of rotatable bonds is 4. The molecule has 5 nitrogen and oxygen atoms in total. The van der Waals surface area contributed by atoms with Crippen LogP contribution in [0.15, 0.2) is 65.8 Å². The lowest BCUT2D eigenvalue weighted by molar-refractivity contribution is 0.305. The normalized spacial score (nSPS) is 18.2. The minimum atomic E-state index is -0.0875. The van der Waals surface area contributed by atoms with E-state index in [0.29, 0.717) is 0 Å². The van der Waals surface area contributed by atoms with Gasteiger partial charge in [0.1, 0.15) is 11.5 Å². The van der Waals surface area contributed by atoms with E-state index >= 15 is 0 Å². The first-order valence-electron chi connectivity index (χ1n) is 8.08. The number of methoxy groups -OCH3 is 2. The summed E-state index contributed by atoms with van der Waals surface area (Å²) in [7, 11) is 3.34. The number of hydrazine groups is 1. The van der Waals surface area contributed by atoms with Gasteiger partial charge in [-0.25, -0.2) is 0 Å². The molecule has 5 heteroatoms. The molecule has 1 unspecified atom stereocenters. The third-order valence-corrected chi connectivity index (χ3v) is 4.37. The van der Waals surface area contributed by atoms with E-state index in [0.717, 1.165) is 33.9 Å². The number of fused-ring (bicyclic) bond motifs is 1. The van der Waals surface area contributed by atoms with Crippen molar-refractivity contribution >= 4 is 17.5 Å². The Morgan fingerprint density at radius 1 is 0.880 bits per heavy atom. The van der Waals surface area contributed by atoms with Crippen molar-refractivity contribution in [3.63, 3.8) is 0 Å². The van der Waals surface area contributed by atoms with Crippen molar-refractivity contribution in [2.24, 2.45) is 4.99 Å². The molecule has 2 aliphatic rings. The second-order valence-corrected chi connectivity index (χ2v) is 5.78. The first-order chi connectivity index (χ1) is 12.3. The van der Waals surface area contributed by atoms with Crippen LogP contribution in [0.5, 0.6) is 11.5 Å². The van der Waals surface area contributed by atoms with E-state index in [4.69, 9.17) is 9.47 Å². The Morgan fingerprint density at radius 2 is 1.48 bits per heavy atom. The van der Waals surface area contributed by atoms with Crippen molar-refractivity contribution < 1.29 is 9.47 Å². The SMILES string of the molecule is COc1ccc(C2=C(c3ccc(OC)cc3)C3N=CC=CN3N2)cc1.